The number of fused-ring (bicyclic) bond motifs is 3. The molecule has 30 heavy (non-hydrogen) atoms. The fourth-order valence-corrected chi connectivity index (χ4v) is 3.98. The van der Waals surface area contributed by atoms with Gasteiger partial charge in [0.05, 0.1) is 31.1 Å². The summed E-state index contributed by atoms with van der Waals surface area (Å²) in [7, 11) is 3.36. The van der Waals surface area contributed by atoms with Gasteiger partial charge in [-0.25, -0.2) is 15.0 Å². The van der Waals surface area contributed by atoms with Crippen molar-refractivity contribution in [1.82, 2.24) is 19.5 Å². The summed E-state index contributed by atoms with van der Waals surface area (Å²) in [5, 5.41) is 0. The molecule has 0 N–H and O–H groups in total. The van der Waals surface area contributed by atoms with E-state index in [2.05, 4.69) is 14.9 Å². The predicted molar refractivity (Wildman–Crippen MR) is 109 cm³/mol. The summed E-state index contributed by atoms with van der Waals surface area (Å²) in [6, 6.07) is 8.81. The van der Waals surface area contributed by atoms with Crippen LogP contribution in [0, 0.1) is 0 Å². The molecule has 3 aromatic rings. The molecule has 154 valence electrons. The minimum Gasteiger partial charge on any atom is -0.497 e. The Bertz CT molecular complexity index is 1130. The second-order valence-electron chi connectivity index (χ2n) is 7.20. The topological polar surface area (TPSA) is 91.6 Å². The number of benzene rings is 1. The van der Waals surface area contributed by atoms with Gasteiger partial charge in [0, 0.05) is 31.4 Å². The van der Waals surface area contributed by atoms with E-state index in [1.165, 1.54) is 12.4 Å². The molecule has 0 spiro atoms. The minimum absolute atomic E-state index is 0.128. The Kier molecular flexibility index (Phi) is 4.59. The summed E-state index contributed by atoms with van der Waals surface area (Å²) >= 11 is 0. The third kappa shape index (κ3) is 3.07. The van der Waals surface area contributed by atoms with Gasteiger partial charge in [-0.3, -0.25) is 9.36 Å². The van der Waals surface area contributed by atoms with Crippen molar-refractivity contribution in [1.29, 1.82) is 0 Å². The fraction of sp³-hybridized carbons (Fsp3) is 0.333. The second kappa shape index (κ2) is 7.42. The Hall–Kier alpha value is -3.46. The van der Waals surface area contributed by atoms with E-state index in [4.69, 9.17) is 19.2 Å². The van der Waals surface area contributed by atoms with Gasteiger partial charge in [-0.2, -0.15) is 0 Å². The average molecular weight is 407 g/mol. The van der Waals surface area contributed by atoms with Crippen LogP contribution in [0.15, 0.2) is 47.7 Å². The van der Waals surface area contributed by atoms with Gasteiger partial charge in [0.25, 0.3) is 5.56 Å². The molecule has 0 aliphatic carbocycles. The zero-order chi connectivity index (χ0) is 20.7. The zero-order valence-corrected chi connectivity index (χ0v) is 16.7. The van der Waals surface area contributed by atoms with Gasteiger partial charge in [0.1, 0.15) is 30.5 Å². The lowest BCUT2D eigenvalue weighted by Crippen LogP contribution is -2.53. The molecule has 4 heterocycles. The van der Waals surface area contributed by atoms with Crippen LogP contribution in [0.5, 0.6) is 11.5 Å². The molecule has 1 aromatic carbocycles. The number of rotatable bonds is 3. The van der Waals surface area contributed by atoms with E-state index in [9.17, 15) is 4.79 Å². The standard InChI is InChI=1S/C21H21N5O4/c1-25-19(27)10-16(15-5-6-22-12-23-15)24-21(25)26-7-8-29-20-14-9-13(28-2)3-4-18(14)30-11-17(20)26/h3-6,9-10,12,17,20H,7-8,11H2,1-2H3/t17-,20+/m1/s1. The number of anilines is 1. The summed E-state index contributed by atoms with van der Waals surface area (Å²) in [5.41, 5.74) is 1.89. The van der Waals surface area contributed by atoms with E-state index in [1.807, 2.05) is 18.2 Å². The third-order valence-electron chi connectivity index (χ3n) is 5.52. The van der Waals surface area contributed by atoms with Crippen molar-refractivity contribution in [2.75, 3.05) is 31.8 Å². The first kappa shape index (κ1) is 18.6. The molecule has 2 aliphatic heterocycles. The highest BCUT2D eigenvalue weighted by Gasteiger charge is 2.40. The Morgan fingerprint density at radius 2 is 2.10 bits per heavy atom. The minimum atomic E-state index is -0.211. The van der Waals surface area contributed by atoms with Crippen LogP contribution < -0.4 is 19.9 Å². The van der Waals surface area contributed by atoms with E-state index in [0.29, 0.717) is 37.1 Å². The Balaban J connectivity index is 1.56. The maximum Gasteiger partial charge on any atom is 0.255 e. The van der Waals surface area contributed by atoms with Gasteiger partial charge in [0.2, 0.25) is 5.95 Å². The van der Waals surface area contributed by atoms with Gasteiger partial charge in [-0.1, -0.05) is 0 Å². The molecule has 5 rings (SSSR count). The Morgan fingerprint density at radius 1 is 1.20 bits per heavy atom. The van der Waals surface area contributed by atoms with Crippen molar-refractivity contribution in [2.24, 2.45) is 7.05 Å². The normalized spacial score (nSPS) is 20.1. The van der Waals surface area contributed by atoms with Crippen LogP contribution >= 0.6 is 0 Å². The highest BCUT2D eigenvalue weighted by molar-refractivity contribution is 5.56. The highest BCUT2D eigenvalue weighted by atomic mass is 16.5. The van der Waals surface area contributed by atoms with Gasteiger partial charge in [0.15, 0.2) is 0 Å². The van der Waals surface area contributed by atoms with Crippen molar-refractivity contribution < 1.29 is 14.2 Å². The summed E-state index contributed by atoms with van der Waals surface area (Å²) < 4.78 is 19.1. The van der Waals surface area contributed by atoms with E-state index in [0.717, 1.165) is 17.1 Å². The largest absolute Gasteiger partial charge is 0.497 e. The summed E-state index contributed by atoms with van der Waals surface area (Å²) in [6.45, 7) is 1.53. The maximum atomic E-state index is 12.7. The van der Waals surface area contributed by atoms with Gasteiger partial charge in [-0.05, 0) is 24.3 Å². The quantitative estimate of drug-likeness (QED) is 0.646. The van der Waals surface area contributed by atoms with E-state index in [1.54, 1.807) is 31.0 Å². The van der Waals surface area contributed by atoms with Crippen LogP contribution in [0.3, 0.4) is 0 Å². The van der Waals surface area contributed by atoms with Crippen LogP contribution in [0.1, 0.15) is 11.7 Å². The van der Waals surface area contributed by atoms with Crippen molar-refractivity contribution in [3.63, 3.8) is 0 Å². The highest BCUT2D eigenvalue weighted by Crippen LogP contribution is 2.41. The molecule has 1 saturated heterocycles. The molecule has 2 aromatic heterocycles. The molecular weight excluding hydrogens is 386 g/mol. The second-order valence-corrected chi connectivity index (χ2v) is 7.20. The lowest BCUT2D eigenvalue weighted by atomic mass is 9.96. The molecule has 2 atom stereocenters. The average Bonchev–Trinajstić information content (AvgIpc) is 2.80. The van der Waals surface area contributed by atoms with Crippen LogP contribution in [0.4, 0.5) is 5.95 Å². The summed E-state index contributed by atoms with van der Waals surface area (Å²) in [6.07, 6.45) is 2.86. The molecule has 0 radical (unpaired) electrons. The van der Waals surface area contributed by atoms with Crippen molar-refractivity contribution in [3.05, 3.63) is 58.8 Å². The Labute approximate surface area is 172 Å². The first-order chi connectivity index (χ1) is 14.7. The Morgan fingerprint density at radius 3 is 2.90 bits per heavy atom. The van der Waals surface area contributed by atoms with E-state index in [-0.39, 0.29) is 17.7 Å². The summed E-state index contributed by atoms with van der Waals surface area (Å²) in [4.78, 5) is 27.7. The van der Waals surface area contributed by atoms with Gasteiger partial charge >= 0.3 is 0 Å². The molecular formula is C21H21N5O4. The fourth-order valence-electron chi connectivity index (χ4n) is 3.98. The molecule has 0 bridgehead atoms. The van der Waals surface area contributed by atoms with Crippen LogP contribution in [-0.2, 0) is 11.8 Å². The zero-order valence-electron chi connectivity index (χ0n) is 16.7. The molecule has 2 aliphatic rings. The monoisotopic (exact) mass is 407 g/mol. The lowest BCUT2D eigenvalue weighted by Gasteiger charge is -2.44. The molecule has 9 nitrogen and oxygen atoms in total. The van der Waals surface area contributed by atoms with Crippen LogP contribution in [-0.4, -0.2) is 52.4 Å². The number of hydrogen-bond acceptors (Lipinski definition) is 8. The molecule has 0 saturated carbocycles. The van der Waals surface area contributed by atoms with E-state index < -0.39 is 0 Å². The van der Waals surface area contributed by atoms with Crippen LogP contribution in [0.2, 0.25) is 0 Å². The number of aromatic nitrogens is 4. The van der Waals surface area contributed by atoms with Crippen molar-refractivity contribution >= 4 is 5.95 Å². The number of hydrogen-bond donors (Lipinski definition) is 0. The third-order valence-corrected chi connectivity index (χ3v) is 5.52. The van der Waals surface area contributed by atoms with Crippen LogP contribution in [0.25, 0.3) is 11.4 Å². The molecule has 1 fully saturated rings. The van der Waals surface area contributed by atoms with Crippen molar-refractivity contribution in [2.45, 2.75) is 12.1 Å². The number of morpholine rings is 1. The molecule has 0 amide bonds. The summed E-state index contributed by atoms with van der Waals surface area (Å²) in [5.74, 6) is 2.09. The van der Waals surface area contributed by atoms with Gasteiger partial charge in [-0.15, -0.1) is 0 Å². The first-order valence-corrected chi connectivity index (χ1v) is 9.69. The van der Waals surface area contributed by atoms with Crippen molar-refractivity contribution in [3.8, 4) is 22.9 Å². The lowest BCUT2D eigenvalue weighted by molar-refractivity contribution is -0.0165. The number of ether oxygens (including phenoxy) is 3. The van der Waals surface area contributed by atoms with Gasteiger partial charge < -0.3 is 19.1 Å². The van der Waals surface area contributed by atoms with E-state index >= 15 is 0 Å². The molecule has 9 heteroatoms. The number of nitrogens with zero attached hydrogens (tertiary/aromatic N) is 5. The molecule has 0 unspecified atom stereocenters. The smallest absolute Gasteiger partial charge is 0.255 e. The first-order valence-electron chi connectivity index (χ1n) is 9.69. The number of methoxy groups -OCH3 is 1. The maximum absolute atomic E-state index is 12.7. The predicted octanol–water partition coefficient (Wildman–Crippen LogP) is 1.58. The SMILES string of the molecule is COc1ccc2c(c1)[C@@H]1OCCN(c3nc(-c4ccncn4)cc(=O)n3C)[C@@H]1CO2.